The van der Waals surface area contributed by atoms with Crippen LogP contribution in [0.2, 0.25) is 0 Å². The summed E-state index contributed by atoms with van der Waals surface area (Å²) in [6.07, 6.45) is 3.52. The minimum Gasteiger partial charge on any atom is -0.282 e. The second-order valence-corrected chi connectivity index (χ2v) is 8.24. The average molecular weight is 453 g/mol. The lowest BCUT2D eigenvalue weighted by Crippen LogP contribution is -2.12. The van der Waals surface area contributed by atoms with Gasteiger partial charge in [-0.15, -0.1) is 0 Å². The van der Waals surface area contributed by atoms with Crippen LogP contribution in [0.1, 0.15) is 79.1 Å². The molecule has 178 valence electrons. The molecule has 1 aliphatic carbocycles. The van der Waals surface area contributed by atoms with Gasteiger partial charge in [-0.25, -0.2) is 8.78 Å². The largest absolute Gasteiger partial charge is 0.282 e. The van der Waals surface area contributed by atoms with Crippen LogP contribution in [0.3, 0.4) is 0 Å². The van der Waals surface area contributed by atoms with Crippen LogP contribution in [0.25, 0.3) is 0 Å². The number of halogens is 2. The van der Waals surface area contributed by atoms with E-state index in [9.17, 15) is 8.78 Å². The highest BCUT2D eigenvalue weighted by Gasteiger charge is 2.25. The number of aromatic amines is 1. The minimum atomic E-state index is -2.24. The third-order valence-electron chi connectivity index (χ3n) is 6.08. The molecular weight excluding hydrogens is 414 g/mol. The second-order valence-electron chi connectivity index (χ2n) is 8.24. The number of hydrogen-bond donors (Lipinski definition) is 1. The van der Waals surface area contributed by atoms with Crippen LogP contribution in [0.4, 0.5) is 8.78 Å². The number of nitrogens with one attached hydrogen (secondary N) is 1. The molecule has 1 heterocycles. The van der Waals surface area contributed by atoms with E-state index in [4.69, 9.17) is 0 Å². The fraction of sp³-hybridized carbons (Fsp3) is 0.414. The number of fused-ring (bicyclic) bond motifs is 1. The van der Waals surface area contributed by atoms with Crippen molar-refractivity contribution < 1.29 is 8.78 Å². The SMILES string of the molecule is C=C1Cc2[nH]ncc2C(c2ccc(C)c(CC)c2)C1.CC.CCc1ccccc1CC(F)F. The predicted molar refractivity (Wildman–Crippen MR) is 135 cm³/mol. The molecule has 1 unspecified atom stereocenters. The lowest BCUT2D eigenvalue weighted by molar-refractivity contribution is 0.149. The summed E-state index contributed by atoms with van der Waals surface area (Å²) in [5, 5.41) is 7.32. The molecule has 0 radical (unpaired) electrons. The van der Waals surface area contributed by atoms with Crippen LogP contribution in [-0.4, -0.2) is 16.6 Å². The number of nitrogens with zero attached hydrogens (tertiary/aromatic N) is 1. The van der Waals surface area contributed by atoms with Crippen molar-refractivity contribution >= 4 is 0 Å². The molecule has 0 amide bonds. The maximum Gasteiger partial charge on any atom is 0.242 e. The highest BCUT2D eigenvalue weighted by atomic mass is 19.3. The lowest BCUT2D eigenvalue weighted by Gasteiger charge is -2.24. The van der Waals surface area contributed by atoms with Crippen molar-refractivity contribution in [3.8, 4) is 0 Å². The first kappa shape index (κ1) is 26.5. The van der Waals surface area contributed by atoms with Crippen molar-refractivity contribution in [1.82, 2.24) is 10.2 Å². The maximum atomic E-state index is 12.0. The Morgan fingerprint density at radius 3 is 2.33 bits per heavy atom. The molecule has 3 aromatic rings. The number of aryl methyl sites for hydroxylation is 3. The predicted octanol–water partition coefficient (Wildman–Crippen LogP) is 8.00. The summed E-state index contributed by atoms with van der Waals surface area (Å²) in [4.78, 5) is 0. The van der Waals surface area contributed by atoms with E-state index in [1.165, 1.54) is 33.5 Å². The maximum absolute atomic E-state index is 12.0. The molecule has 4 heteroatoms. The molecule has 0 saturated heterocycles. The van der Waals surface area contributed by atoms with Gasteiger partial charge in [0, 0.05) is 30.0 Å². The fourth-order valence-corrected chi connectivity index (χ4v) is 4.34. The van der Waals surface area contributed by atoms with E-state index < -0.39 is 6.43 Å². The molecule has 0 spiro atoms. The van der Waals surface area contributed by atoms with Gasteiger partial charge in [0.05, 0.1) is 6.20 Å². The van der Waals surface area contributed by atoms with Gasteiger partial charge in [-0.05, 0) is 54.0 Å². The van der Waals surface area contributed by atoms with E-state index in [0.29, 0.717) is 5.92 Å². The van der Waals surface area contributed by atoms with Crippen LogP contribution in [0.5, 0.6) is 0 Å². The zero-order valence-corrected chi connectivity index (χ0v) is 20.7. The van der Waals surface area contributed by atoms with Crippen LogP contribution >= 0.6 is 0 Å². The quantitative estimate of drug-likeness (QED) is 0.390. The normalized spacial score (nSPS) is 14.7. The van der Waals surface area contributed by atoms with Gasteiger partial charge in [0.1, 0.15) is 0 Å². The van der Waals surface area contributed by atoms with E-state index in [2.05, 4.69) is 48.8 Å². The van der Waals surface area contributed by atoms with Gasteiger partial charge < -0.3 is 0 Å². The zero-order chi connectivity index (χ0) is 24.4. The Hall–Kier alpha value is -2.75. The first-order chi connectivity index (χ1) is 15.9. The molecule has 2 nitrogen and oxygen atoms in total. The molecule has 1 aliphatic rings. The third-order valence-corrected chi connectivity index (χ3v) is 6.08. The Bertz CT molecular complexity index is 1020. The van der Waals surface area contributed by atoms with E-state index >= 15 is 0 Å². The third kappa shape index (κ3) is 7.12. The number of aromatic nitrogens is 2. The summed E-state index contributed by atoms with van der Waals surface area (Å²) < 4.78 is 24.1. The first-order valence-corrected chi connectivity index (χ1v) is 12.1. The van der Waals surface area contributed by atoms with E-state index in [0.717, 1.165) is 36.8 Å². The lowest BCUT2D eigenvalue weighted by atomic mass is 9.79. The summed E-state index contributed by atoms with van der Waals surface area (Å²) in [5.41, 5.74) is 9.89. The Balaban J connectivity index is 0.000000238. The molecule has 0 aliphatic heterocycles. The standard InChI is InChI=1S/C17H20N2.C10H12F2.C2H6/c1-4-13-9-14(6-5-12(13)3)15-7-11(2)8-17-16(15)10-18-19-17;1-2-8-5-3-4-6-9(8)7-10(11)12;1-2/h5-6,9-10,15H,2,4,7-8H2,1,3H3,(H,18,19);3-6,10H,2,7H2,1H3;1-2H3. The average Bonchev–Trinajstić information content (AvgIpc) is 3.29. The number of benzene rings is 2. The van der Waals surface area contributed by atoms with Crippen LogP contribution < -0.4 is 0 Å². The van der Waals surface area contributed by atoms with Crippen LogP contribution in [0, 0.1) is 6.92 Å². The topological polar surface area (TPSA) is 28.7 Å². The van der Waals surface area contributed by atoms with Gasteiger partial charge >= 0.3 is 0 Å². The van der Waals surface area contributed by atoms with Crippen molar-refractivity contribution in [2.75, 3.05) is 0 Å². The van der Waals surface area contributed by atoms with Gasteiger partial charge in [-0.3, -0.25) is 5.10 Å². The molecule has 2 aromatic carbocycles. The summed E-state index contributed by atoms with van der Waals surface area (Å²) in [7, 11) is 0. The molecule has 4 rings (SSSR count). The fourth-order valence-electron chi connectivity index (χ4n) is 4.34. The molecular formula is C29H38F2N2. The van der Waals surface area contributed by atoms with E-state index in [1.54, 1.807) is 12.1 Å². The Morgan fingerprint density at radius 1 is 1.03 bits per heavy atom. The molecule has 0 fully saturated rings. The summed E-state index contributed by atoms with van der Waals surface area (Å²) in [5.74, 6) is 0.417. The van der Waals surface area contributed by atoms with Gasteiger partial charge in [-0.2, -0.15) is 5.10 Å². The molecule has 1 N–H and O–H groups in total. The van der Waals surface area contributed by atoms with Gasteiger partial charge in [0.2, 0.25) is 6.43 Å². The molecule has 0 saturated carbocycles. The number of H-pyrrole nitrogens is 1. The second kappa shape index (κ2) is 13.1. The monoisotopic (exact) mass is 452 g/mol. The minimum absolute atomic E-state index is 0.121. The Morgan fingerprint density at radius 2 is 1.70 bits per heavy atom. The zero-order valence-electron chi connectivity index (χ0n) is 20.7. The molecule has 1 atom stereocenters. The van der Waals surface area contributed by atoms with Crippen LogP contribution in [0.15, 0.2) is 60.8 Å². The van der Waals surface area contributed by atoms with Crippen molar-refractivity contribution in [3.63, 3.8) is 0 Å². The highest BCUT2D eigenvalue weighted by Crippen LogP contribution is 2.38. The molecule has 33 heavy (non-hydrogen) atoms. The van der Waals surface area contributed by atoms with Crippen molar-refractivity contribution in [1.29, 1.82) is 0 Å². The number of alkyl halides is 2. The van der Waals surface area contributed by atoms with Crippen molar-refractivity contribution in [3.05, 3.63) is 99.9 Å². The molecule has 1 aromatic heterocycles. The number of rotatable bonds is 5. The van der Waals surface area contributed by atoms with Gasteiger partial charge in [-0.1, -0.05) is 82.3 Å². The van der Waals surface area contributed by atoms with Crippen molar-refractivity contribution in [2.24, 2.45) is 0 Å². The Labute approximate surface area is 198 Å². The summed E-state index contributed by atoms with van der Waals surface area (Å²) in [6, 6.07) is 14.2. The molecule has 0 bridgehead atoms. The number of hydrogen-bond acceptors (Lipinski definition) is 1. The van der Waals surface area contributed by atoms with E-state index in [1.807, 2.05) is 39.1 Å². The van der Waals surface area contributed by atoms with Gasteiger partial charge in [0.15, 0.2) is 0 Å². The van der Waals surface area contributed by atoms with Crippen LogP contribution in [-0.2, 0) is 25.7 Å². The van der Waals surface area contributed by atoms with Gasteiger partial charge in [0.25, 0.3) is 0 Å². The smallest absolute Gasteiger partial charge is 0.242 e. The first-order valence-electron chi connectivity index (χ1n) is 12.1. The van der Waals surface area contributed by atoms with E-state index in [-0.39, 0.29) is 6.42 Å². The van der Waals surface area contributed by atoms with Crippen molar-refractivity contribution in [2.45, 2.75) is 79.1 Å². The summed E-state index contributed by atoms with van der Waals surface area (Å²) in [6.45, 7) is 14.6. The summed E-state index contributed by atoms with van der Waals surface area (Å²) >= 11 is 0. The number of allylic oxidation sites excluding steroid dienone is 1. The Kier molecular flexibility index (Phi) is 10.5. The highest BCUT2D eigenvalue weighted by molar-refractivity contribution is 5.43.